The first-order valence-corrected chi connectivity index (χ1v) is 7.19. The summed E-state index contributed by atoms with van der Waals surface area (Å²) in [4.78, 5) is 10.7. The van der Waals surface area contributed by atoms with Crippen LogP contribution in [0.3, 0.4) is 0 Å². The molecular weight excluding hydrogens is 278 g/mol. The summed E-state index contributed by atoms with van der Waals surface area (Å²) in [5, 5.41) is 9.47. The molecule has 1 aromatic carbocycles. The average molecular weight is 300 g/mol. The number of hydrogen-bond acceptors (Lipinski definition) is 3. The summed E-state index contributed by atoms with van der Waals surface area (Å²) in [6.45, 7) is 3.11. The Morgan fingerprint density at radius 3 is 2.60 bits per heavy atom. The van der Waals surface area contributed by atoms with Crippen molar-refractivity contribution in [2.24, 2.45) is 17.6 Å². The quantitative estimate of drug-likeness (QED) is 0.734. The van der Waals surface area contributed by atoms with E-state index >= 15 is 0 Å². The maximum Gasteiger partial charge on any atom is 0.303 e. The van der Waals surface area contributed by atoms with Gasteiger partial charge in [0.2, 0.25) is 0 Å². The van der Waals surface area contributed by atoms with E-state index in [2.05, 4.69) is 6.92 Å². The number of carboxylic acids is 1. The van der Waals surface area contributed by atoms with Gasteiger partial charge in [-0.3, -0.25) is 4.79 Å². The van der Waals surface area contributed by atoms with E-state index in [1.54, 1.807) is 12.1 Å². The second-order valence-corrected chi connectivity index (χ2v) is 5.57. The lowest BCUT2D eigenvalue weighted by Gasteiger charge is -2.18. The van der Waals surface area contributed by atoms with E-state index in [4.69, 9.17) is 27.2 Å². The van der Waals surface area contributed by atoms with Gasteiger partial charge in [0.1, 0.15) is 5.75 Å². The van der Waals surface area contributed by atoms with Gasteiger partial charge in [0.05, 0.1) is 6.61 Å². The van der Waals surface area contributed by atoms with Crippen molar-refractivity contribution in [3.8, 4) is 5.75 Å². The highest BCUT2D eigenvalue weighted by molar-refractivity contribution is 6.30. The van der Waals surface area contributed by atoms with Gasteiger partial charge >= 0.3 is 5.97 Å². The van der Waals surface area contributed by atoms with Crippen LogP contribution in [0.5, 0.6) is 5.75 Å². The molecule has 0 fully saturated rings. The van der Waals surface area contributed by atoms with Crippen LogP contribution >= 0.6 is 11.6 Å². The molecule has 0 aromatic heterocycles. The minimum Gasteiger partial charge on any atom is -0.494 e. The summed E-state index contributed by atoms with van der Waals surface area (Å²) in [7, 11) is 0. The van der Waals surface area contributed by atoms with Gasteiger partial charge in [0.25, 0.3) is 0 Å². The molecule has 0 spiro atoms. The SMILES string of the molecule is CC(CCOc1ccc(Cl)cc1)CC(CN)CC(=O)O. The van der Waals surface area contributed by atoms with Crippen LogP contribution in [-0.4, -0.2) is 24.2 Å². The number of nitrogens with two attached hydrogens (primary N) is 1. The topological polar surface area (TPSA) is 72.5 Å². The normalized spacial score (nSPS) is 13.8. The molecule has 0 aliphatic rings. The molecule has 0 aliphatic heterocycles. The summed E-state index contributed by atoms with van der Waals surface area (Å²) < 4.78 is 5.62. The monoisotopic (exact) mass is 299 g/mol. The van der Waals surface area contributed by atoms with Gasteiger partial charge in [0.15, 0.2) is 0 Å². The third kappa shape index (κ3) is 6.78. The lowest BCUT2D eigenvalue weighted by atomic mass is 9.91. The molecular formula is C15H22ClNO3. The summed E-state index contributed by atoms with van der Waals surface area (Å²) in [5.41, 5.74) is 5.60. The first-order chi connectivity index (χ1) is 9.51. The zero-order chi connectivity index (χ0) is 15.0. The Hall–Kier alpha value is -1.26. The first-order valence-electron chi connectivity index (χ1n) is 6.81. The van der Waals surface area contributed by atoms with Gasteiger partial charge in [-0.2, -0.15) is 0 Å². The third-order valence-corrected chi connectivity index (χ3v) is 3.48. The molecule has 1 aromatic rings. The summed E-state index contributed by atoms with van der Waals surface area (Å²) >= 11 is 5.80. The van der Waals surface area contributed by atoms with Crippen molar-refractivity contribution in [1.82, 2.24) is 0 Å². The van der Waals surface area contributed by atoms with E-state index in [9.17, 15) is 4.79 Å². The number of rotatable bonds is 9. The van der Waals surface area contributed by atoms with Crippen molar-refractivity contribution < 1.29 is 14.6 Å². The zero-order valence-electron chi connectivity index (χ0n) is 11.7. The number of carbonyl (C=O) groups is 1. The first kappa shape index (κ1) is 16.8. The number of benzene rings is 1. The Morgan fingerprint density at radius 2 is 2.05 bits per heavy atom. The molecule has 0 amide bonds. The van der Waals surface area contributed by atoms with E-state index in [0.29, 0.717) is 24.1 Å². The molecule has 4 nitrogen and oxygen atoms in total. The van der Waals surface area contributed by atoms with Gasteiger partial charge in [-0.05, 0) is 55.5 Å². The summed E-state index contributed by atoms with van der Waals surface area (Å²) in [6, 6.07) is 7.25. The van der Waals surface area contributed by atoms with Gasteiger partial charge in [0, 0.05) is 11.4 Å². The van der Waals surface area contributed by atoms with Gasteiger partial charge in [-0.15, -0.1) is 0 Å². The molecule has 3 N–H and O–H groups in total. The van der Waals surface area contributed by atoms with Crippen molar-refractivity contribution in [3.63, 3.8) is 0 Å². The van der Waals surface area contributed by atoms with Crippen LogP contribution in [0.1, 0.15) is 26.2 Å². The molecule has 1 rings (SSSR count). The Bertz CT molecular complexity index is 408. The maximum atomic E-state index is 10.7. The van der Waals surface area contributed by atoms with Crippen molar-refractivity contribution in [2.45, 2.75) is 26.2 Å². The number of aliphatic carboxylic acids is 1. The fraction of sp³-hybridized carbons (Fsp3) is 0.533. The van der Waals surface area contributed by atoms with E-state index < -0.39 is 5.97 Å². The van der Waals surface area contributed by atoms with Crippen LogP contribution < -0.4 is 10.5 Å². The van der Waals surface area contributed by atoms with Gasteiger partial charge in [-0.25, -0.2) is 0 Å². The minimum absolute atomic E-state index is 0.0398. The Kier molecular flexibility index (Phi) is 7.41. The molecule has 20 heavy (non-hydrogen) atoms. The lowest BCUT2D eigenvalue weighted by Crippen LogP contribution is -2.21. The van der Waals surface area contributed by atoms with E-state index in [1.165, 1.54) is 0 Å². The highest BCUT2D eigenvalue weighted by Gasteiger charge is 2.15. The number of halogens is 1. The predicted molar refractivity (Wildman–Crippen MR) is 80.1 cm³/mol. The summed E-state index contributed by atoms with van der Waals surface area (Å²) in [5.74, 6) is 0.431. The third-order valence-electron chi connectivity index (χ3n) is 3.23. The highest BCUT2D eigenvalue weighted by atomic mass is 35.5. The van der Waals surface area contributed by atoms with Crippen LogP contribution in [0.2, 0.25) is 5.02 Å². The van der Waals surface area contributed by atoms with E-state index in [-0.39, 0.29) is 12.3 Å². The molecule has 0 heterocycles. The molecule has 0 saturated heterocycles. The second-order valence-electron chi connectivity index (χ2n) is 5.13. The molecule has 112 valence electrons. The minimum atomic E-state index is -0.787. The Morgan fingerprint density at radius 1 is 1.40 bits per heavy atom. The van der Waals surface area contributed by atoms with Crippen LogP contribution in [0.25, 0.3) is 0 Å². The second kappa shape index (κ2) is 8.82. The van der Waals surface area contributed by atoms with Crippen LogP contribution in [0, 0.1) is 11.8 Å². The molecule has 2 unspecified atom stereocenters. The Labute approximate surface area is 124 Å². The van der Waals surface area contributed by atoms with Crippen LogP contribution in [0.15, 0.2) is 24.3 Å². The molecule has 0 aliphatic carbocycles. The Balaban J connectivity index is 2.26. The molecule has 5 heteroatoms. The predicted octanol–water partition coefficient (Wildman–Crippen LogP) is 3.18. The van der Waals surface area contributed by atoms with Crippen molar-refractivity contribution in [2.75, 3.05) is 13.2 Å². The number of hydrogen-bond donors (Lipinski definition) is 2. The summed E-state index contributed by atoms with van der Waals surface area (Å²) in [6.07, 6.45) is 1.82. The zero-order valence-corrected chi connectivity index (χ0v) is 12.5. The van der Waals surface area contributed by atoms with Crippen LogP contribution in [-0.2, 0) is 4.79 Å². The largest absolute Gasteiger partial charge is 0.494 e. The smallest absolute Gasteiger partial charge is 0.303 e. The lowest BCUT2D eigenvalue weighted by molar-refractivity contribution is -0.138. The fourth-order valence-corrected chi connectivity index (χ4v) is 2.23. The van der Waals surface area contributed by atoms with E-state index in [0.717, 1.165) is 18.6 Å². The number of ether oxygens (including phenoxy) is 1. The molecule has 0 bridgehead atoms. The fourth-order valence-electron chi connectivity index (χ4n) is 2.11. The molecule has 2 atom stereocenters. The molecule has 0 saturated carbocycles. The van der Waals surface area contributed by atoms with Crippen molar-refractivity contribution in [3.05, 3.63) is 29.3 Å². The van der Waals surface area contributed by atoms with Gasteiger partial charge in [-0.1, -0.05) is 18.5 Å². The number of carboxylic acid groups (broad SMARTS) is 1. The standard InChI is InChI=1S/C15H22ClNO3/c1-11(8-12(10-17)9-15(18)19)6-7-20-14-4-2-13(16)3-5-14/h2-5,11-12H,6-10,17H2,1H3,(H,18,19). The maximum absolute atomic E-state index is 10.7. The van der Waals surface area contributed by atoms with Crippen LogP contribution in [0.4, 0.5) is 0 Å². The average Bonchev–Trinajstić information content (AvgIpc) is 2.39. The molecule has 0 radical (unpaired) electrons. The van der Waals surface area contributed by atoms with E-state index in [1.807, 2.05) is 12.1 Å². The van der Waals surface area contributed by atoms with Crippen molar-refractivity contribution in [1.29, 1.82) is 0 Å². The van der Waals surface area contributed by atoms with Crippen molar-refractivity contribution >= 4 is 17.6 Å². The van der Waals surface area contributed by atoms with Gasteiger partial charge < -0.3 is 15.6 Å². The highest BCUT2D eigenvalue weighted by Crippen LogP contribution is 2.19.